The molecule has 21 heavy (non-hydrogen) atoms. The van der Waals surface area contributed by atoms with Crippen LogP contribution in [0.25, 0.3) is 0 Å². The molecule has 2 unspecified atom stereocenters. The Bertz CT molecular complexity index is 357. The molecule has 1 aliphatic rings. The number of hydrogen-bond donors (Lipinski definition) is 2. The third-order valence-electron chi connectivity index (χ3n) is 3.84. The maximum absolute atomic E-state index is 12.6. The summed E-state index contributed by atoms with van der Waals surface area (Å²) in [5.74, 6) is -0.0684. The van der Waals surface area contributed by atoms with Crippen LogP contribution in [0, 0.1) is 11.3 Å². The maximum atomic E-state index is 12.6. The molecule has 5 nitrogen and oxygen atoms in total. The molecule has 0 aromatic rings. The van der Waals surface area contributed by atoms with Crippen LogP contribution < -0.4 is 11.1 Å². The van der Waals surface area contributed by atoms with Crippen LogP contribution >= 0.6 is 0 Å². The van der Waals surface area contributed by atoms with Crippen molar-refractivity contribution in [3.63, 3.8) is 0 Å². The molecule has 0 aromatic carbocycles. The van der Waals surface area contributed by atoms with Crippen molar-refractivity contribution in [3.05, 3.63) is 0 Å². The van der Waals surface area contributed by atoms with Gasteiger partial charge in [0.05, 0.1) is 6.54 Å². The molecule has 0 aromatic heterocycles. The summed E-state index contributed by atoms with van der Waals surface area (Å²) in [5, 5.41) is 3.29. The number of hydrogen-bond acceptors (Lipinski definition) is 3. The van der Waals surface area contributed by atoms with E-state index in [2.05, 4.69) is 33.0 Å². The van der Waals surface area contributed by atoms with E-state index in [1.807, 2.05) is 0 Å². The zero-order valence-electron chi connectivity index (χ0n) is 13.9. The van der Waals surface area contributed by atoms with Crippen LogP contribution in [0.1, 0.15) is 53.4 Å². The molecule has 1 fully saturated rings. The first-order valence-electron chi connectivity index (χ1n) is 7.97. The highest BCUT2D eigenvalue weighted by Crippen LogP contribution is 2.26. The van der Waals surface area contributed by atoms with Crippen LogP contribution in [0.4, 0.5) is 0 Å². The zero-order valence-corrected chi connectivity index (χ0v) is 13.9. The van der Waals surface area contributed by atoms with Gasteiger partial charge in [-0.1, -0.05) is 27.7 Å². The quantitative estimate of drug-likeness (QED) is 0.780. The van der Waals surface area contributed by atoms with Gasteiger partial charge in [-0.25, -0.2) is 0 Å². The summed E-state index contributed by atoms with van der Waals surface area (Å²) in [5.41, 5.74) is 5.53. The van der Waals surface area contributed by atoms with E-state index in [0.717, 1.165) is 32.4 Å². The van der Waals surface area contributed by atoms with E-state index in [4.69, 9.17) is 5.73 Å². The number of nitrogens with two attached hydrogens (primary N) is 1. The summed E-state index contributed by atoms with van der Waals surface area (Å²) in [6.45, 7) is 10.4. The molecular weight excluding hydrogens is 266 g/mol. The molecular formula is C16H31N3O2. The van der Waals surface area contributed by atoms with E-state index in [9.17, 15) is 9.59 Å². The number of nitrogens with zero attached hydrogens (tertiary/aromatic N) is 1. The smallest absolute Gasteiger partial charge is 0.237 e. The number of amides is 2. The first-order chi connectivity index (χ1) is 9.69. The molecule has 1 aliphatic heterocycles. The number of primary amides is 1. The molecule has 0 spiro atoms. The van der Waals surface area contributed by atoms with Crippen molar-refractivity contribution in [2.75, 3.05) is 19.6 Å². The van der Waals surface area contributed by atoms with Gasteiger partial charge < -0.3 is 16.0 Å². The van der Waals surface area contributed by atoms with Crippen molar-refractivity contribution in [2.24, 2.45) is 17.1 Å². The minimum Gasteiger partial charge on any atom is -0.368 e. The van der Waals surface area contributed by atoms with Crippen molar-refractivity contribution < 1.29 is 9.59 Å². The topological polar surface area (TPSA) is 75.4 Å². The number of carbonyl (C=O) groups is 2. The summed E-state index contributed by atoms with van der Waals surface area (Å²) in [6.07, 6.45) is 3.46. The molecule has 1 heterocycles. The van der Waals surface area contributed by atoms with E-state index < -0.39 is 5.91 Å². The fourth-order valence-electron chi connectivity index (χ4n) is 3.22. The Morgan fingerprint density at radius 1 is 1.38 bits per heavy atom. The molecule has 1 rings (SSSR count). The average molecular weight is 297 g/mol. The summed E-state index contributed by atoms with van der Waals surface area (Å²) in [7, 11) is 0. The van der Waals surface area contributed by atoms with Gasteiger partial charge in [-0.3, -0.25) is 9.59 Å². The van der Waals surface area contributed by atoms with Crippen LogP contribution in [-0.4, -0.2) is 42.4 Å². The SMILES string of the molecule is CC(CC(=O)N(CC(N)=O)C1CCCNC1)CC(C)(C)C. The number of piperidine rings is 1. The van der Waals surface area contributed by atoms with Crippen LogP contribution in [-0.2, 0) is 9.59 Å². The molecule has 0 radical (unpaired) electrons. The molecule has 1 saturated heterocycles. The normalized spacial score (nSPS) is 20.9. The summed E-state index contributed by atoms with van der Waals surface area (Å²) >= 11 is 0. The second kappa shape index (κ2) is 7.78. The molecule has 2 atom stereocenters. The Morgan fingerprint density at radius 2 is 2.05 bits per heavy atom. The predicted molar refractivity (Wildman–Crippen MR) is 84.7 cm³/mol. The van der Waals surface area contributed by atoms with Gasteiger partial charge in [-0.2, -0.15) is 0 Å². The van der Waals surface area contributed by atoms with E-state index >= 15 is 0 Å². The summed E-state index contributed by atoms with van der Waals surface area (Å²) in [4.78, 5) is 25.5. The molecule has 5 heteroatoms. The second-order valence-corrected chi connectivity index (χ2v) is 7.56. The Balaban J connectivity index is 2.64. The standard InChI is InChI=1S/C16H31N3O2/c1-12(9-16(2,3)4)8-15(21)19(11-14(17)20)13-6-5-7-18-10-13/h12-13,18H,5-11H2,1-4H3,(H2,17,20). The Hall–Kier alpha value is -1.10. The summed E-state index contributed by atoms with van der Waals surface area (Å²) < 4.78 is 0. The third-order valence-corrected chi connectivity index (χ3v) is 3.84. The van der Waals surface area contributed by atoms with Gasteiger partial charge in [0.25, 0.3) is 0 Å². The van der Waals surface area contributed by atoms with E-state index in [1.54, 1.807) is 4.90 Å². The number of carbonyl (C=O) groups excluding carboxylic acids is 2. The molecule has 0 saturated carbocycles. The van der Waals surface area contributed by atoms with E-state index in [1.165, 1.54) is 0 Å². The van der Waals surface area contributed by atoms with Gasteiger partial charge in [0.1, 0.15) is 0 Å². The predicted octanol–water partition coefficient (Wildman–Crippen LogP) is 1.51. The average Bonchev–Trinajstić information content (AvgIpc) is 2.34. The van der Waals surface area contributed by atoms with E-state index in [-0.39, 0.29) is 23.9 Å². The fourth-order valence-corrected chi connectivity index (χ4v) is 3.22. The lowest BCUT2D eigenvalue weighted by atomic mass is 9.84. The Morgan fingerprint density at radius 3 is 2.52 bits per heavy atom. The van der Waals surface area contributed by atoms with Gasteiger partial charge in [0.15, 0.2) is 0 Å². The molecule has 0 bridgehead atoms. The molecule has 2 amide bonds. The van der Waals surface area contributed by atoms with Crippen LogP contribution in [0.15, 0.2) is 0 Å². The Kier molecular flexibility index (Phi) is 6.65. The van der Waals surface area contributed by atoms with Gasteiger partial charge in [0.2, 0.25) is 11.8 Å². The molecule has 0 aliphatic carbocycles. The third kappa shape index (κ3) is 6.93. The number of nitrogens with one attached hydrogen (secondary N) is 1. The van der Waals surface area contributed by atoms with Gasteiger partial charge in [-0.05, 0) is 37.1 Å². The van der Waals surface area contributed by atoms with Crippen LogP contribution in [0.5, 0.6) is 0 Å². The minimum atomic E-state index is -0.433. The van der Waals surface area contributed by atoms with Gasteiger partial charge in [-0.15, -0.1) is 0 Å². The molecule has 122 valence electrons. The van der Waals surface area contributed by atoms with E-state index in [0.29, 0.717) is 12.3 Å². The lowest BCUT2D eigenvalue weighted by Gasteiger charge is -2.35. The first kappa shape index (κ1) is 18.0. The highest BCUT2D eigenvalue weighted by molar-refractivity contribution is 5.84. The van der Waals surface area contributed by atoms with Gasteiger partial charge >= 0.3 is 0 Å². The van der Waals surface area contributed by atoms with Crippen LogP contribution in [0.3, 0.4) is 0 Å². The lowest BCUT2D eigenvalue weighted by molar-refractivity contribution is -0.138. The van der Waals surface area contributed by atoms with Crippen LogP contribution in [0.2, 0.25) is 0 Å². The minimum absolute atomic E-state index is 0.0351. The lowest BCUT2D eigenvalue weighted by Crippen LogP contribution is -2.51. The monoisotopic (exact) mass is 297 g/mol. The van der Waals surface area contributed by atoms with Crippen molar-refractivity contribution in [1.82, 2.24) is 10.2 Å². The first-order valence-corrected chi connectivity index (χ1v) is 7.97. The Labute approximate surface area is 128 Å². The number of rotatable bonds is 6. The highest BCUT2D eigenvalue weighted by atomic mass is 16.2. The van der Waals surface area contributed by atoms with Crippen molar-refractivity contribution >= 4 is 11.8 Å². The summed E-state index contributed by atoms with van der Waals surface area (Å²) in [6, 6.07) is 0.0978. The zero-order chi connectivity index (χ0) is 16.0. The van der Waals surface area contributed by atoms with Gasteiger partial charge in [0, 0.05) is 19.0 Å². The van der Waals surface area contributed by atoms with Crippen molar-refractivity contribution in [2.45, 2.75) is 59.4 Å². The fraction of sp³-hybridized carbons (Fsp3) is 0.875. The molecule has 3 N–H and O–H groups in total. The van der Waals surface area contributed by atoms with Crippen molar-refractivity contribution in [1.29, 1.82) is 0 Å². The maximum Gasteiger partial charge on any atom is 0.237 e. The highest BCUT2D eigenvalue weighted by Gasteiger charge is 2.28. The van der Waals surface area contributed by atoms with Crippen molar-refractivity contribution in [3.8, 4) is 0 Å². The second-order valence-electron chi connectivity index (χ2n) is 7.56. The largest absolute Gasteiger partial charge is 0.368 e.